The van der Waals surface area contributed by atoms with Gasteiger partial charge in [-0.3, -0.25) is 0 Å². The van der Waals surface area contributed by atoms with Gasteiger partial charge in [-0.25, -0.2) is 9.48 Å². The van der Waals surface area contributed by atoms with E-state index >= 15 is 0 Å². The molecule has 5 nitrogen and oxygen atoms in total. The number of benzene rings is 1. The van der Waals surface area contributed by atoms with Crippen LogP contribution >= 0.6 is 0 Å². The second-order valence-corrected chi connectivity index (χ2v) is 4.55. The lowest BCUT2D eigenvalue weighted by Crippen LogP contribution is -2.08. The molecule has 0 saturated heterocycles. The molecule has 0 fully saturated rings. The quantitative estimate of drug-likeness (QED) is 0.499. The number of carbonyl (C=O) groups is 1. The first kappa shape index (κ1) is 14.1. The molecule has 2 aromatic rings. The van der Waals surface area contributed by atoms with Crippen LogP contribution in [0.1, 0.15) is 36.7 Å². The minimum atomic E-state index is -0.394. The van der Waals surface area contributed by atoms with Crippen LogP contribution in [0.5, 0.6) is 0 Å². The van der Waals surface area contributed by atoms with E-state index in [1.54, 1.807) is 23.0 Å². The molecule has 1 heterocycles. The van der Waals surface area contributed by atoms with E-state index in [1.807, 2.05) is 18.2 Å². The second kappa shape index (κ2) is 6.75. The number of anilines is 1. The van der Waals surface area contributed by atoms with Crippen molar-refractivity contribution < 1.29 is 9.53 Å². The van der Waals surface area contributed by atoms with Crippen molar-refractivity contribution in [2.75, 3.05) is 12.3 Å². The molecule has 1 aromatic carbocycles. The number of esters is 1. The highest BCUT2D eigenvalue weighted by Crippen LogP contribution is 2.15. The van der Waals surface area contributed by atoms with Crippen molar-refractivity contribution >= 4 is 11.7 Å². The van der Waals surface area contributed by atoms with E-state index in [-0.39, 0.29) is 0 Å². The third-order valence-corrected chi connectivity index (χ3v) is 2.96. The van der Waals surface area contributed by atoms with Gasteiger partial charge in [-0.15, -0.1) is 0 Å². The molecule has 20 heavy (non-hydrogen) atoms. The molecule has 0 unspecified atom stereocenters. The van der Waals surface area contributed by atoms with Crippen molar-refractivity contribution in [2.45, 2.75) is 26.2 Å². The molecule has 0 aliphatic rings. The predicted octanol–water partition coefficient (Wildman–Crippen LogP) is 2.80. The van der Waals surface area contributed by atoms with Crippen LogP contribution < -0.4 is 5.73 Å². The first-order chi connectivity index (χ1) is 9.72. The minimum Gasteiger partial charge on any atom is -0.461 e. The largest absolute Gasteiger partial charge is 0.461 e. The molecule has 0 saturated carbocycles. The number of carbonyl (C=O) groups excluding carboxylic acids is 1. The molecule has 0 aliphatic carbocycles. The molecule has 0 amide bonds. The number of nitrogen functional groups attached to an aromatic ring is 1. The fourth-order valence-corrected chi connectivity index (χ4v) is 1.85. The first-order valence-corrected chi connectivity index (χ1v) is 6.80. The van der Waals surface area contributed by atoms with E-state index in [0.717, 1.165) is 24.9 Å². The van der Waals surface area contributed by atoms with Gasteiger partial charge in [0.2, 0.25) is 0 Å². The van der Waals surface area contributed by atoms with E-state index in [2.05, 4.69) is 12.0 Å². The Balaban J connectivity index is 2.02. The minimum absolute atomic E-state index is 0.296. The third kappa shape index (κ3) is 3.38. The monoisotopic (exact) mass is 273 g/mol. The van der Waals surface area contributed by atoms with Gasteiger partial charge in [0, 0.05) is 6.20 Å². The number of nitrogens with two attached hydrogens (primary N) is 1. The van der Waals surface area contributed by atoms with Gasteiger partial charge >= 0.3 is 5.97 Å². The maximum absolute atomic E-state index is 11.8. The normalized spacial score (nSPS) is 10.4. The molecule has 0 aliphatic heterocycles. The molecule has 106 valence electrons. The van der Waals surface area contributed by atoms with E-state index in [9.17, 15) is 4.79 Å². The van der Waals surface area contributed by atoms with Crippen molar-refractivity contribution in [1.82, 2.24) is 9.78 Å². The molecule has 0 spiro atoms. The van der Waals surface area contributed by atoms with Crippen molar-refractivity contribution in [3.8, 4) is 5.69 Å². The Morgan fingerprint density at radius 1 is 1.30 bits per heavy atom. The van der Waals surface area contributed by atoms with Gasteiger partial charge in [-0.2, -0.15) is 5.10 Å². The van der Waals surface area contributed by atoms with E-state index in [4.69, 9.17) is 10.5 Å². The zero-order valence-corrected chi connectivity index (χ0v) is 11.6. The number of rotatable bonds is 6. The summed E-state index contributed by atoms with van der Waals surface area (Å²) in [6.45, 7) is 2.54. The summed E-state index contributed by atoms with van der Waals surface area (Å²) in [7, 11) is 0. The lowest BCUT2D eigenvalue weighted by molar-refractivity contribution is 0.0490. The SMILES string of the molecule is CCCCCOC(=O)c1ccn(-c2ccccc2N)n1. The fourth-order valence-electron chi connectivity index (χ4n) is 1.85. The van der Waals surface area contributed by atoms with Gasteiger partial charge < -0.3 is 10.5 Å². The Kier molecular flexibility index (Phi) is 4.76. The van der Waals surface area contributed by atoms with Crippen molar-refractivity contribution in [3.63, 3.8) is 0 Å². The van der Waals surface area contributed by atoms with Gasteiger partial charge in [0.1, 0.15) is 0 Å². The highest BCUT2D eigenvalue weighted by Gasteiger charge is 2.12. The number of unbranched alkanes of at least 4 members (excludes halogenated alkanes) is 2. The zero-order valence-electron chi connectivity index (χ0n) is 11.6. The molecular weight excluding hydrogens is 254 g/mol. The molecule has 2 N–H and O–H groups in total. The summed E-state index contributed by atoms with van der Waals surface area (Å²) < 4.78 is 6.74. The van der Waals surface area contributed by atoms with E-state index in [0.29, 0.717) is 18.0 Å². The molecule has 5 heteroatoms. The number of nitrogens with zero attached hydrogens (tertiary/aromatic N) is 2. The lowest BCUT2D eigenvalue weighted by Gasteiger charge is -2.04. The molecule has 0 atom stereocenters. The van der Waals surface area contributed by atoms with E-state index < -0.39 is 5.97 Å². The summed E-state index contributed by atoms with van der Waals surface area (Å²) in [6, 6.07) is 8.99. The number of aromatic nitrogens is 2. The third-order valence-electron chi connectivity index (χ3n) is 2.96. The Labute approximate surface area is 118 Å². The molecule has 0 bridgehead atoms. The average molecular weight is 273 g/mol. The van der Waals surface area contributed by atoms with Gasteiger partial charge in [0.25, 0.3) is 0 Å². The molecular formula is C15H19N3O2. The van der Waals surface area contributed by atoms with Crippen molar-refractivity contribution in [3.05, 3.63) is 42.2 Å². The Morgan fingerprint density at radius 2 is 2.10 bits per heavy atom. The van der Waals surface area contributed by atoms with Crippen LogP contribution in [-0.2, 0) is 4.74 Å². The predicted molar refractivity (Wildman–Crippen MR) is 77.8 cm³/mol. The molecule has 0 radical (unpaired) electrons. The summed E-state index contributed by atoms with van der Waals surface area (Å²) in [5.74, 6) is -0.394. The number of hydrogen-bond acceptors (Lipinski definition) is 4. The summed E-state index contributed by atoms with van der Waals surface area (Å²) in [4.78, 5) is 11.8. The van der Waals surface area contributed by atoms with Crippen molar-refractivity contribution in [1.29, 1.82) is 0 Å². The lowest BCUT2D eigenvalue weighted by atomic mass is 10.3. The summed E-state index contributed by atoms with van der Waals surface area (Å²) in [5.41, 5.74) is 7.53. The first-order valence-electron chi connectivity index (χ1n) is 6.80. The van der Waals surface area contributed by atoms with E-state index in [1.165, 1.54) is 0 Å². The van der Waals surface area contributed by atoms with Crippen LogP contribution in [0.2, 0.25) is 0 Å². The van der Waals surface area contributed by atoms with Crippen LogP contribution in [0.3, 0.4) is 0 Å². The topological polar surface area (TPSA) is 70.1 Å². The van der Waals surface area contributed by atoms with Crippen molar-refractivity contribution in [2.24, 2.45) is 0 Å². The second-order valence-electron chi connectivity index (χ2n) is 4.55. The van der Waals surface area contributed by atoms with Crippen LogP contribution in [0.25, 0.3) is 5.69 Å². The maximum Gasteiger partial charge on any atom is 0.358 e. The number of ether oxygens (including phenoxy) is 1. The summed E-state index contributed by atoms with van der Waals surface area (Å²) in [6.07, 6.45) is 4.74. The number of hydrogen-bond donors (Lipinski definition) is 1. The Bertz CT molecular complexity index is 578. The number of para-hydroxylation sites is 2. The highest BCUT2D eigenvalue weighted by molar-refractivity contribution is 5.87. The summed E-state index contributed by atoms with van der Waals surface area (Å²) >= 11 is 0. The smallest absolute Gasteiger partial charge is 0.358 e. The van der Waals surface area contributed by atoms with Crippen LogP contribution in [0.4, 0.5) is 5.69 Å². The average Bonchev–Trinajstić information content (AvgIpc) is 2.93. The zero-order chi connectivity index (χ0) is 14.4. The van der Waals surface area contributed by atoms with Crippen LogP contribution in [0.15, 0.2) is 36.5 Å². The highest BCUT2D eigenvalue weighted by atomic mass is 16.5. The molecule has 1 aromatic heterocycles. The maximum atomic E-state index is 11.8. The van der Waals surface area contributed by atoms with Gasteiger partial charge in [-0.1, -0.05) is 31.9 Å². The van der Waals surface area contributed by atoms with Crippen LogP contribution in [-0.4, -0.2) is 22.4 Å². The van der Waals surface area contributed by atoms with Crippen LogP contribution in [0, 0.1) is 0 Å². The Morgan fingerprint density at radius 3 is 2.85 bits per heavy atom. The fraction of sp³-hybridized carbons (Fsp3) is 0.333. The Hall–Kier alpha value is -2.30. The van der Waals surface area contributed by atoms with Gasteiger partial charge in [0.15, 0.2) is 5.69 Å². The van der Waals surface area contributed by atoms with Gasteiger partial charge in [0.05, 0.1) is 18.0 Å². The molecule has 2 rings (SSSR count). The standard InChI is InChI=1S/C15H19N3O2/c1-2-3-6-11-20-15(19)13-9-10-18(17-13)14-8-5-4-7-12(14)16/h4-5,7-10H,2-3,6,11,16H2,1H3. The summed E-state index contributed by atoms with van der Waals surface area (Å²) in [5, 5.41) is 4.20. The van der Waals surface area contributed by atoms with Gasteiger partial charge in [-0.05, 0) is 24.6 Å².